The monoisotopic (exact) mass is 284 g/mol. The molecule has 0 bridgehead atoms. The summed E-state index contributed by atoms with van der Waals surface area (Å²) in [6.07, 6.45) is 0.842. The van der Waals surface area contributed by atoms with E-state index >= 15 is 0 Å². The molecule has 0 unspecified atom stereocenters. The molecule has 0 amide bonds. The summed E-state index contributed by atoms with van der Waals surface area (Å²) in [6, 6.07) is 6.84. The highest BCUT2D eigenvalue weighted by Gasteiger charge is 2.36. The lowest BCUT2D eigenvalue weighted by Crippen LogP contribution is -2.42. The molecular weight excluding hydrogens is 260 g/mol. The van der Waals surface area contributed by atoms with Gasteiger partial charge in [0.15, 0.2) is 0 Å². The second-order valence-corrected chi connectivity index (χ2v) is 7.54. The van der Waals surface area contributed by atoms with Gasteiger partial charge in [0, 0.05) is 27.4 Å². The molecule has 0 heterocycles. The minimum Gasteiger partial charge on any atom is -0.493 e. The van der Waals surface area contributed by atoms with Crippen molar-refractivity contribution in [3.8, 4) is 5.75 Å². The molecule has 0 N–H and O–H groups in total. The lowest BCUT2D eigenvalue weighted by molar-refractivity contribution is 0.121. The van der Waals surface area contributed by atoms with Gasteiger partial charge >= 0.3 is 8.80 Å². The molecule has 1 aromatic carbocycles. The van der Waals surface area contributed by atoms with Gasteiger partial charge in [-0.15, -0.1) is 0 Å². The Morgan fingerprint density at radius 3 is 2.21 bits per heavy atom. The molecule has 0 saturated heterocycles. The Labute approximate surface area is 117 Å². The standard InChI is InChI=1S/C14H24O4Si/c1-12-8-6-9-14(13(12)2)18-10-7-11-19(15-3,16-4)17-5/h6,8-9H,7,10-11H2,1-5H3. The van der Waals surface area contributed by atoms with Crippen molar-refractivity contribution < 1.29 is 18.0 Å². The minimum atomic E-state index is -2.46. The van der Waals surface area contributed by atoms with Crippen molar-refractivity contribution in [1.82, 2.24) is 0 Å². The maximum Gasteiger partial charge on any atom is 0.500 e. The summed E-state index contributed by atoms with van der Waals surface area (Å²) in [5.74, 6) is 0.944. The highest BCUT2D eigenvalue weighted by atomic mass is 28.4. The summed E-state index contributed by atoms with van der Waals surface area (Å²) in [7, 11) is 2.43. The number of aryl methyl sites for hydroxylation is 1. The van der Waals surface area contributed by atoms with Crippen LogP contribution in [0.3, 0.4) is 0 Å². The fourth-order valence-electron chi connectivity index (χ4n) is 1.91. The molecule has 0 fully saturated rings. The molecule has 0 atom stereocenters. The van der Waals surface area contributed by atoms with Gasteiger partial charge in [-0.05, 0) is 37.5 Å². The van der Waals surface area contributed by atoms with E-state index in [2.05, 4.69) is 19.9 Å². The first-order chi connectivity index (χ1) is 9.08. The van der Waals surface area contributed by atoms with E-state index in [-0.39, 0.29) is 0 Å². The Morgan fingerprint density at radius 2 is 1.63 bits per heavy atom. The van der Waals surface area contributed by atoms with Crippen molar-refractivity contribution in [2.45, 2.75) is 26.3 Å². The Hall–Kier alpha value is -0.883. The molecule has 0 aromatic heterocycles. The number of hydrogen-bond donors (Lipinski definition) is 0. The van der Waals surface area contributed by atoms with Gasteiger partial charge in [0.05, 0.1) is 6.61 Å². The smallest absolute Gasteiger partial charge is 0.493 e. The zero-order valence-corrected chi connectivity index (χ0v) is 13.5. The lowest BCUT2D eigenvalue weighted by Gasteiger charge is -2.24. The van der Waals surface area contributed by atoms with Gasteiger partial charge in [0.1, 0.15) is 5.75 Å². The van der Waals surface area contributed by atoms with Crippen molar-refractivity contribution in [3.63, 3.8) is 0 Å². The minimum absolute atomic E-state index is 0.634. The number of benzene rings is 1. The molecule has 5 heteroatoms. The molecule has 1 rings (SSSR count). The van der Waals surface area contributed by atoms with E-state index in [4.69, 9.17) is 18.0 Å². The van der Waals surface area contributed by atoms with Crippen molar-refractivity contribution in [3.05, 3.63) is 29.3 Å². The molecule has 0 aliphatic rings. The van der Waals surface area contributed by atoms with E-state index in [1.54, 1.807) is 21.3 Å². The predicted octanol–water partition coefficient (Wildman–Crippen LogP) is 2.95. The molecular formula is C14H24O4Si. The Balaban J connectivity index is 2.44. The van der Waals surface area contributed by atoms with Gasteiger partial charge in [-0.1, -0.05) is 12.1 Å². The topological polar surface area (TPSA) is 36.9 Å². The molecule has 0 spiro atoms. The van der Waals surface area contributed by atoms with Crippen LogP contribution in [0.5, 0.6) is 5.75 Å². The van der Waals surface area contributed by atoms with Crippen LogP contribution in [-0.4, -0.2) is 36.7 Å². The molecule has 108 valence electrons. The fraction of sp³-hybridized carbons (Fsp3) is 0.571. The second kappa shape index (κ2) is 7.64. The van der Waals surface area contributed by atoms with Gasteiger partial charge in [-0.25, -0.2) is 0 Å². The van der Waals surface area contributed by atoms with E-state index < -0.39 is 8.80 Å². The quantitative estimate of drug-likeness (QED) is 0.543. The summed E-state index contributed by atoms with van der Waals surface area (Å²) in [5, 5.41) is 0. The molecule has 0 aliphatic heterocycles. The van der Waals surface area contributed by atoms with Gasteiger partial charge in [0.25, 0.3) is 0 Å². The first-order valence-electron chi connectivity index (χ1n) is 6.43. The third kappa shape index (κ3) is 4.31. The average Bonchev–Trinajstić information content (AvgIpc) is 2.44. The molecule has 0 aliphatic carbocycles. The van der Waals surface area contributed by atoms with Crippen LogP contribution >= 0.6 is 0 Å². The van der Waals surface area contributed by atoms with Crippen LogP contribution in [0.2, 0.25) is 6.04 Å². The highest BCUT2D eigenvalue weighted by Crippen LogP contribution is 2.21. The number of ether oxygens (including phenoxy) is 1. The third-order valence-corrected chi connectivity index (χ3v) is 6.20. The van der Waals surface area contributed by atoms with Crippen LogP contribution < -0.4 is 4.74 Å². The van der Waals surface area contributed by atoms with Crippen LogP contribution in [0.1, 0.15) is 17.5 Å². The van der Waals surface area contributed by atoms with E-state index in [9.17, 15) is 0 Å². The van der Waals surface area contributed by atoms with Crippen LogP contribution in [0, 0.1) is 13.8 Å². The van der Waals surface area contributed by atoms with Crippen molar-refractivity contribution in [2.24, 2.45) is 0 Å². The largest absolute Gasteiger partial charge is 0.500 e. The van der Waals surface area contributed by atoms with E-state index in [1.807, 2.05) is 12.1 Å². The van der Waals surface area contributed by atoms with Gasteiger partial charge in [0.2, 0.25) is 0 Å². The van der Waals surface area contributed by atoms with E-state index in [0.717, 1.165) is 18.2 Å². The lowest BCUT2D eigenvalue weighted by atomic mass is 10.1. The number of rotatable bonds is 8. The van der Waals surface area contributed by atoms with Crippen molar-refractivity contribution in [1.29, 1.82) is 0 Å². The van der Waals surface area contributed by atoms with Crippen molar-refractivity contribution in [2.75, 3.05) is 27.9 Å². The summed E-state index contributed by atoms with van der Waals surface area (Å²) in [6.45, 7) is 4.79. The van der Waals surface area contributed by atoms with E-state index in [0.29, 0.717) is 6.61 Å². The molecule has 0 radical (unpaired) electrons. The van der Waals surface area contributed by atoms with Crippen LogP contribution in [0.25, 0.3) is 0 Å². The van der Waals surface area contributed by atoms with Gasteiger partial charge in [-0.3, -0.25) is 0 Å². The molecule has 4 nitrogen and oxygen atoms in total. The highest BCUT2D eigenvalue weighted by molar-refractivity contribution is 6.60. The van der Waals surface area contributed by atoms with E-state index in [1.165, 1.54) is 11.1 Å². The van der Waals surface area contributed by atoms with Crippen LogP contribution in [0.4, 0.5) is 0 Å². The number of hydrogen-bond acceptors (Lipinski definition) is 4. The molecule has 19 heavy (non-hydrogen) atoms. The normalized spacial score (nSPS) is 11.6. The van der Waals surface area contributed by atoms with Gasteiger partial charge in [-0.2, -0.15) is 0 Å². The fourth-order valence-corrected chi connectivity index (χ4v) is 3.60. The summed E-state index contributed by atoms with van der Waals surface area (Å²) >= 11 is 0. The Bertz CT molecular complexity index is 383. The first-order valence-corrected chi connectivity index (χ1v) is 8.36. The molecule has 1 aromatic rings. The zero-order chi connectivity index (χ0) is 14.3. The maximum atomic E-state index is 5.80. The van der Waals surface area contributed by atoms with Gasteiger partial charge < -0.3 is 18.0 Å². The summed E-state index contributed by atoms with van der Waals surface area (Å²) < 4.78 is 21.9. The summed E-state index contributed by atoms with van der Waals surface area (Å²) in [5.41, 5.74) is 2.43. The summed E-state index contributed by atoms with van der Waals surface area (Å²) in [4.78, 5) is 0. The molecule has 0 saturated carbocycles. The van der Waals surface area contributed by atoms with Crippen LogP contribution in [-0.2, 0) is 13.3 Å². The zero-order valence-electron chi connectivity index (χ0n) is 12.5. The Morgan fingerprint density at radius 1 is 1.00 bits per heavy atom. The SMILES string of the molecule is CO[Si](CCCOc1cccc(C)c1C)(OC)OC. The first kappa shape index (κ1) is 16.2. The van der Waals surface area contributed by atoms with Crippen LogP contribution in [0.15, 0.2) is 18.2 Å². The second-order valence-electron chi connectivity index (χ2n) is 4.45. The maximum absolute atomic E-state index is 5.80. The Kier molecular flexibility index (Phi) is 6.51. The third-order valence-electron chi connectivity index (χ3n) is 3.37. The predicted molar refractivity (Wildman–Crippen MR) is 77.6 cm³/mol. The average molecular weight is 284 g/mol. The van der Waals surface area contributed by atoms with Crippen molar-refractivity contribution >= 4 is 8.80 Å².